The summed E-state index contributed by atoms with van der Waals surface area (Å²) >= 11 is 0. The van der Waals surface area contributed by atoms with E-state index in [2.05, 4.69) is 10.5 Å². The van der Waals surface area contributed by atoms with Crippen LogP contribution in [0.1, 0.15) is 26.6 Å². The third-order valence-corrected chi connectivity index (χ3v) is 4.31. The van der Waals surface area contributed by atoms with Crippen LogP contribution in [0.5, 0.6) is 0 Å². The van der Waals surface area contributed by atoms with Crippen LogP contribution in [0.2, 0.25) is 0 Å². The highest BCUT2D eigenvalue weighted by Crippen LogP contribution is 2.21. The average Bonchev–Trinajstić information content (AvgIpc) is 3.32. The van der Waals surface area contributed by atoms with Crippen molar-refractivity contribution in [2.24, 2.45) is 5.73 Å². The van der Waals surface area contributed by atoms with Crippen LogP contribution in [0, 0.1) is 12.7 Å². The van der Waals surface area contributed by atoms with E-state index in [4.69, 9.17) is 10.3 Å². The van der Waals surface area contributed by atoms with Crippen molar-refractivity contribution in [3.8, 4) is 0 Å². The van der Waals surface area contributed by atoms with Crippen LogP contribution in [0.25, 0.3) is 0 Å². The van der Waals surface area contributed by atoms with Gasteiger partial charge in [0.05, 0.1) is 0 Å². The summed E-state index contributed by atoms with van der Waals surface area (Å²) in [6.07, 6.45) is -1.17. The topological polar surface area (TPSA) is 122 Å². The molecule has 2 aromatic rings. The van der Waals surface area contributed by atoms with Gasteiger partial charge in [0.2, 0.25) is 0 Å². The van der Waals surface area contributed by atoms with Gasteiger partial charge in [-0.3, -0.25) is 14.4 Å². The van der Waals surface area contributed by atoms with Crippen molar-refractivity contribution in [1.29, 1.82) is 0 Å². The van der Waals surface area contributed by atoms with Crippen LogP contribution in [0.4, 0.5) is 4.39 Å². The zero-order valence-corrected chi connectivity index (χ0v) is 15.2. The number of nitrogens with zero attached hydrogens (tertiary/aromatic N) is 3. The van der Waals surface area contributed by atoms with E-state index in [0.29, 0.717) is 5.76 Å². The zero-order valence-electron chi connectivity index (χ0n) is 15.2. The molecule has 0 radical (unpaired) electrons. The molecular formula is C18H20FN5O4. The van der Waals surface area contributed by atoms with Gasteiger partial charge in [0.15, 0.2) is 11.9 Å². The summed E-state index contributed by atoms with van der Waals surface area (Å²) in [5, 5.41) is 6.30. The lowest BCUT2D eigenvalue weighted by molar-refractivity contribution is -0.128. The number of aromatic nitrogens is 1. The number of carbonyl (C=O) groups is 3. The highest BCUT2D eigenvalue weighted by Gasteiger charge is 2.43. The molecule has 1 atom stereocenters. The fraction of sp³-hybridized carbons (Fsp3) is 0.333. The predicted octanol–water partition coefficient (Wildman–Crippen LogP) is 0.121. The van der Waals surface area contributed by atoms with Gasteiger partial charge in [0.25, 0.3) is 17.7 Å². The molecule has 0 bridgehead atoms. The second-order valence-electron chi connectivity index (χ2n) is 6.28. The van der Waals surface area contributed by atoms with Gasteiger partial charge in [-0.25, -0.2) is 4.39 Å². The molecule has 28 heavy (non-hydrogen) atoms. The minimum absolute atomic E-state index is 0.0465. The summed E-state index contributed by atoms with van der Waals surface area (Å²) in [5.74, 6) is -1.58. The van der Waals surface area contributed by atoms with Crippen LogP contribution in [-0.4, -0.2) is 65.0 Å². The highest BCUT2D eigenvalue weighted by atomic mass is 19.1. The predicted molar refractivity (Wildman–Crippen MR) is 95.6 cm³/mol. The van der Waals surface area contributed by atoms with Gasteiger partial charge in [0.1, 0.15) is 11.6 Å². The Kier molecular flexibility index (Phi) is 5.69. The van der Waals surface area contributed by atoms with Gasteiger partial charge < -0.3 is 25.4 Å². The summed E-state index contributed by atoms with van der Waals surface area (Å²) in [4.78, 5) is 40.9. The number of carbonyl (C=O) groups excluding carboxylic acids is 3. The average molecular weight is 389 g/mol. The Labute approximate surface area is 160 Å². The minimum atomic E-state index is -1.17. The Balaban J connectivity index is 1.88. The van der Waals surface area contributed by atoms with Crippen molar-refractivity contribution in [2.75, 3.05) is 26.2 Å². The van der Waals surface area contributed by atoms with Crippen LogP contribution < -0.4 is 11.1 Å². The second kappa shape index (κ2) is 8.17. The summed E-state index contributed by atoms with van der Waals surface area (Å²) in [7, 11) is 0. The van der Waals surface area contributed by atoms with E-state index < -0.39 is 29.7 Å². The quantitative estimate of drug-likeness (QED) is 0.749. The van der Waals surface area contributed by atoms with Crippen molar-refractivity contribution in [3.63, 3.8) is 0 Å². The summed E-state index contributed by atoms with van der Waals surface area (Å²) in [6, 6.07) is 6.44. The first-order chi connectivity index (χ1) is 13.4. The van der Waals surface area contributed by atoms with Crippen molar-refractivity contribution in [3.05, 3.63) is 53.2 Å². The molecule has 3 amide bonds. The van der Waals surface area contributed by atoms with Gasteiger partial charge >= 0.3 is 0 Å². The molecule has 1 fully saturated rings. The minimum Gasteiger partial charge on any atom is -0.361 e. The van der Waals surface area contributed by atoms with Crippen molar-refractivity contribution in [2.45, 2.75) is 13.1 Å². The molecule has 0 spiro atoms. The molecule has 3 rings (SSSR count). The highest BCUT2D eigenvalue weighted by molar-refractivity contribution is 6.01. The SMILES string of the molecule is Cc1cc(C(=O)N2CCN(C(=O)c3ccc(F)cc3)C2C(=O)NCCN)no1. The Morgan fingerprint density at radius 1 is 1.21 bits per heavy atom. The van der Waals surface area contributed by atoms with Gasteiger partial charge in [0, 0.05) is 37.8 Å². The first-order valence-electron chi connectivity index (χ1n) is 8.71. The molecule has 2 heterocycles. The summed E-state index contributed by atoms with van der Waals surface area (Å²) in [6.45, 7) is 2.32. The largest absolute Gasteiger partial charge is 0.361 e. The monoisotopic (exact) mass is 389 g/mol. The zero-order chi connectivity index (χ0) is 20.3. The molecule has 3 N–H and O–H groups in total. The number of aryl methyl sites for hydroxylation is 1. The van der Waals surface area contributed by atoms with E-state index in [-0.39, 0.29) is 37.4 Å². The normalized spacial score (nSPS) is 16.3. The van der Waals surface area contributed by atoms with Gasteiger partial charge in [-0.15, -0.1) is 0 Å². The van der Waals surface area contributed by atoms with Crippen molar-refractivity contribution in [1.82, 2.24) is 20.3 Å². The number of hydrogen-bond acceptors (Lipinski definition) is 6. The molecule has 10 heteroatoms. The van der Waals surface area contributed by atoms with Crippen LogP contribution >= 0.6 is 0 Å². The molecular weight excluding hydrogens is 369 g/mol. The lowest BCUT2D eigenvalue weighted by Crippen LogP contribution is -2.54. The number of halogens is 1. The summed E-state index contributed by atoms with van der Waals surface area (Å²) < 4.78 is 18.1. The van der Waals surface area contributed by atoms with Crippen LogP contribution in [0.15, 0.2) is 34.9 Å². The van der Waals surface area contributed by atoms with E-state index in [1.165, 1.54) is 28.0 Å². The molecule has 1 aliphatic heterocycles. The number of nitrogens with one attached hydrogen (secondary N) is 1. The van der Waals surface area contributed by atoms with E-state index >= 15 is 0 Å². The lowest BCUT2D eigenvalue weighted by Gasteiger charge is -2.28. The Hall–Kier alpha value is -3.27. The number of hydrogen-bond donors (Lipinski definition) is 2. The molecule has 0 aliphatic carbocycles. The Bertz CT molecular complexity index is 882. The van der Waals surface area contributed by atoms with Crippen molar-refractivity contribution < 1.29 is 23.3 Å². The second-order valence-corrected chi connectivity index (χ2v) is 6.28. The molecule has 1 aliphatic rings. The fourth-order valence-corrected chi connectivity index (χ4v) is 3.00. The number of benzene rings is 1. The maximum atomic E-state index is 13.2. The van der Waals surface area contributed by atoms with E-state index in [0.717, 1.165) is 12.1 Å². The van der Waals surface area contributed by atoms with Gasteiger partial charge in [-0.05, 0) is 31.2 Å². The molecule has 1 aromatic carbocycles. The number of rotatable bonds is 5. The first-order valence-corrected chi connectivity index (χ1v) is 8.71. The number of nitrogens with two attached hydrogens (primary N) is 1. The van der Waals surface area contributed by atoms with Gasteiger partial charge in [-0.2, -0.15) is 0 Å². The molecule has 1 aromatic heterocycles. The standard InChI is InChI=1S/C18H20FN5O4/c1-11-10-14(22-28-11)18(27)24-9-8-23(16(24)15(25)21-7-6-20)17(26)12-2-4-13(19)5-3-12/h2-5,10,16H,6-9,20H2,1H3,(H,21,25). The third-order valence-electron chi connectivity index (χ3n) is 4.31. The Morgan fingerprint density at radius 2 is 1.86 bits per heavy atom. The molecule has 1 unspecified atom stereocenters. The molecule has 1 saturated heterocycles. The molecule has 9 nitrogen and oxygen atoms in total. The van der Waals surface area contributed by atoms with Gasteiger partial charge in [-0.1, -0.05) is 5.16 Å². The van der Waals surface area contributed by atoms with Crippen LogP contribution in [-0.2, 0) is 4.79 Å². The third kappa shape index (κ3) is 3.86. The van der Waals surface area contributed by atoms with E-state index in [1.54, 1.807) is 6.92 Å². The van der Waals surface area contributed by atoms with Crippen LogP contribution in [0.3, 0.4) is 0 Å². The smallest absolute Gasteiger partial charge is 0.278 e. The lowest BCUT2D eigenvalue weighted by atomic mass is 10.2. The summed E-state index contributed by atoms with van der Waals surface area (Å²) in [5.41, 5.74) is 5.69. The Morgan fingerprint density at radius 3 is 2.43 bits per heavy atom. The van der Waals surface area contributed by atoms with E-state index in [1.807, 2.05) is 0 Å². The molecule has 0 saturated carbocycles. The van der Waals surface area contributed by atoms with Crippen molar-refractivity contribution >= 4 is 17.7 Å². The first kappa shape index (κ1) is 19.5. The van der Waals surface area contributed by atoms with E-state index in [9.17, 15) is 18.8 Å². The number of amides is 3. The fourth-order valence-electron chi connectivity index (χ4n) is 3.00. The molecule has 148 valence electrons. The maximum absolute atomic E-state index is 13.2. The maximum Gasteiger partial charge on any atom is 0.278 e.